The van der Waals surface area contributed by atoms with Crippen LogP contribution in [-0.2, 0) is 9.59 Å². The molecule has 0 aromatic heterocycles. The van der Waals surface area contributed by atoms with E-state index in [4.69, 9.17) is 5.11 Å². The summed E-state index contributed by atoms with van der Waals surface area (Å²) < 4.78 is 0. The van der Waals surface area contributed by atoms with Crippen LogP contribution in [0, 0.1) is 5.92 Å². The number of carbonyl (C=O) groups excluding carboxylic acids is 1. The van der Waals surface area contributed by atoms with E-state index in [1.165, 1.54) is 0 Å². The van der Waals surface area contributed by atoms with Crippen LogP contribution in [0.4, 0.5) is 0 Å². The van der Waals surface area contributed by atoms with Crippen LogP contribution in [0.25, 0.3) is 0 Å². The summed E-state index contributed by atoms with van der Waals surface area (Å²) in [4.78, 5) is 22.3. The van der Waals surface area contributed by atoms with Crippen molar-refractivity contribution >= 4 is 24.8 Å². The molecule has 1 heterocycles. The van der Waals surface area contributed by atoms with Gasteiger partial charge in [0.05, 0.1) is 5.92 Å². The van der Waals surface area contributed by atoms with Crippen LogP contribution in [0.15, 0.2) is 0 Å². The summed E-state index contributed by atoms with van der Waals surface area (Å²) in [6, 6.07) is 0. The van der Waals surface area contributed by atoms with E-state index in [1.54, 1.807) is 4.90 Å². The van der Waals surface area contributed by atoms with Crippen LogP contribution in [0.3, 0.4) is 0 Å². The van der Waals surface area contributed by atoms with Crippen molar-refractivity contribution in [3.63, 3.8) is 0 Å². The third-order valence-electron chi connectivity index (χ3n) is 2.03. The highest BCUT2D eigenvalue weighted by atomic mass is 35.5. The summed E-state index contributed by atoms with van der Waals surface area (Å²) in [5, 5.41) is 8.59. The lowest BCUT2D eigenvalue weighted by Crippen LogP contribution is -2.35. The Balaban J connectivity index is 0.00000121. The van der Waals surface area contributed by atoms with Gasteiger partial charge >= 0.3 is 5.97 Å². The predicted octanol–water partition coefficient (Wildman–Crippen LogP) is 0.361. The van der Waals surface area contributed by atoms with Crippen LogP contribution in [-0.4, -0.2) is 35.5 Å². The number of aliphatic carboxylic acids is 1. The zero-order chi connectivity index (χ0) is 8.27. The monoisotopic (exact) mass is 193 g/mol. The van der Waals surface area contributed by atoms with Crippen LogP contribution >= 0.6 is 12.4 Å². The molecule has 0 aromatic rings. The third kappa shape index (κ3) is 2.70. The number of hydrogen-bond acceptors (Lipinski definition) is 2. The number of rotatable bonds is 2. The third-order valence-corrected chi connectivity index (χ3v) is 2.03. The van der Waals surface area contributed by atoms with E-state index >= 15 is 0 Å². The minimum Gasteiger partial charge on any atom is -0.481 e. The van der Waals surface area contributed by atoms with Gasteiger partial charge < -0.3 is 10.0 Å². The molecule has 12 heavy (non-hydrogen) atoms. The van der Waals surface area contributed by atoms with E-state index in [0.29, 0.717) is 25.9 Å². The molecule has 0 aromatic carbocycles. The molecule has 0 radical (unpaired) electrons. The molecule has 0 atom stereocenters. The molecular formula is C7H12ClNO3. The molecule has 1 aliphatic heterocycles. The van der Waals surface area contributed by atoms with Crippen LogP contribution in [0.1, 0.15) is 12.8 Å². The summed E-state index contributed by atoms with van der Waals surface area (Å²) in [5.41, 5.74) is 0. The number of piperidine rings is 1. The zero-order valence-electron chi connectivity index (χ0n) is 6.60. The van der Waals surface area contributed by atoms with Gasteiger partial charge in [-0.05, 0) is 12.8 Å². The highest BCUT2D eigenvalue weighted by Gasteiger charge is 2.23. The first-order valence-corrected chi connectivity index (χ1v) is 3.66. The highest BCUT2D eigenvalue weighted by molar-refractivity contribution is 5.85. The summed E-state index contributed by atoms with van der Waals surface area (Å²) in [6.45, 7) is 1.17. The van der Waals surface area contributed by atoms with Gasteiger partial charge in [0.25, 0.3) is 0 Å². The summed E-state index contributed by atoms with van der Waals surface area (Å²) in [6.07, 6.45) is 1.96. The van der Waals surface area contributed by atoms with Crippen molar-refractivity contribution in [3.8, 4) is 0 Å². The average Bonchev–Trinajstić information content (AvgIpc) is 2.05. The second-order valence-corrected chi connectivity index (χ2v) is 2.75. The van der Waals surface area contributed by atoms with Crippen molar-refractivity contribution < 1.29 is 14.7 Å². The van der Waals surface area contributed by atoms with E-state index in [2.05, 4.69) is 0 Å². The average molecular weight is 194 g/mol. The number of nitrogens with zero attached hydrogens (tertiary/aromatic N) is 1. The lowest BCUT2D eigenvalue weighted by Gasteiger charge is -2.26. The van der Waals surface area contributed by atoms with E-state index in [9.17, 15) is 9.59 Å². The van der Waals surface area contributed by atoms with Crippen LogP contribution < -0.4 is 0 Å². The van der Waals surface area contributed by atoms with Crippen molar-refractivity contribution in [1.29, 1.82) is 0 Å². The summed E-state index contributed by atoms with van der Waals surface area (Å²) in [7, 11) is 0. The molecule has 4 nitrogen and oxygen atoms in total. The molecule has 0 aliphatic carbocycles. The lowest BCUT2D eigenvalue weighted by atomic mass is 9.98. The Hall–Kier alpha value is -0.770. The smallest absolute Gasteiger partial charge is 0.306 e. The largest absolute Gasteiger partial charge is 0.481 e. The fraction of sp³-hybridized carbons (Fsp3) is 0.714. The number of carboxylic acid groups (broad SMARTS) is 1. The Labute approximate surface area is 77.0 Å². The quantitative estimate of drug-likeness (QED) is 0.645. The van der Waals surface area contributed by atoms with Gasteiger partial charge in [0.2, 0.25) is 6.41 Å². The van der Waals surface area contributed by atoms with Gasteiger partial charge in [-0.25, -0.2) is 0 Å². The molecule has 70 valence electrons. The fourth-order valence-electron chi connectivity index (χ4n) is 1.25. The highest BCUT2D eigenvalue weighted by Crippen LogP contribution is 2.15. The van der Waals surface area contributed by atoms with Gasteiger partial charge in [-0.2, -0.15) is 0 Å². The number of hydrogen-bond donors (Lipinski definition) is 1. The molecule has 0 saturated carbocycles. The minimum absolute atomic E-state index is 0. The van der Waals surface area contributed by atoms with E-state index in [1.807, 2.05) is 0 Å². The van der Waals surface area contributed by atoms with Gasteiger partial charge in [-0.3, -0.25) is 9.59 Å². The molecular weight excluding hydrogens is 182 g/mol. The van der Waals surface area contributed by atoms with Crippen LogP contribution in [0.5, 0.6) is 0 Å². The van der Waals surface area contributed by atoms with Crippen molar-refractivity contribution in [2.45, 2.75) is 12.8 Å². The van der Waals surface area contributed by atoms with Gasteiger partial charge in [0.1, 0.15) is 0 Å². The Kier molecular flexibility index (Phi) is 4.66. The zero-order valence-corrected chi connectivity index (χ0v) is 7.42. The SMILES string of the molecule is Cl.O=CN1CCC(C(=O)O)CC1. The van der Waals surface area contributed by atoms with Crippen molar-refractivity contribution in [2.24, 2.45) is 5.92 Å². The van der Waals surface area contributed by atoms with Crippen molar-refractivity contribution in [3.05, 3.63) is 0 Å². The minimum atomic E-state index is -0.740. The number of halogens is 1. The van der Waals surface area contributed by atoms with Gasteiger partial charge in [-0.1, -0.05) is 0 Å². The molecule has 1 N–H and O–H groups in total. The number of carboxylic acids is 1. The Bertz CT molecular complexity index is 166. The second kappa shape index (κ2) is 4.98. The Morgan fingerprint density at radius 2 is 1.92 bits per heavy atom. The number of carbonyl (C=O) groups is 2. The Morgan fingerprint density at radius 3 is 2.25 bits per heavy atom. The maximum atomic E-state index is 10.4. The van der Waals surface area contributed by atoms with E-state index < -0.39 is 5.97 Å². The van der Waals surface area contributed by atoms with Crippen LogP contribution in [0.2, 0.25) is 0 Å². The molecule has 1 fully saturated rings. The number of likely N-dealkylation sites (tertiary alicyclic amines) is 1. The van der Waals surface area contributed by atoms with E-state index in [0.717, 1.165) is 6.41 Å². The maximum absolute atomic E-state index is 10.4. The van der Waals surface area contributed by atoms with Gasteiger partial charge in [-0.15, -0.1) is 12.4 Å². The number of amides is 1. The molecule has 0 bridgehead atoms. The molecule has 5 heteroatoms. The molecule has 1 rings (SSSR count). The predicted molar refractivity (Wildman–Crippen MR) is 45.2 cm³/mol. The second-order valence-electron chi connectivity index (χ2n) is 2.75. The molecule has 1 amide bonds. The normalized spacial score (nSPS) is 18.2. The van der Waals surface area contributed by atoms with Crippen molar-refractivity contribution in [2.75, 3.05) is 13.1 Å². The van der Waals surface area contributed by atoms with Gasteiger partial charge in [0.15, 0.2) is 0 Å². The maximum Gasteiger partial charge on any atom is 0.306 e. The first-order valence-electron chi connectivity index (χ1n) is 3.66. The molecule has 1 saturated heterocycles. The lowest BCUT2D eigenvalue weighted by molar-refractivity contribution is -0.144. The molecule has 0 spiro atoms. The summed E-state index contributed by atoms with van der Waals surface area (Å²) in [5.74, 6) is -0.984. The Morgan fingerprint density at radius 1 is 1.42 bits per heavy atom. The van der Waals surface area contributed by atoms with Crippen molar-refractivity contribution in [1.82, 2.24) is 4.90 Å². The molecule has 1 aliphatic rings. The summed E-state index contributed by atoms with van der Waals surface area (Å²) >= 11 is 0. The topological polar surface area (TPSA) is 57.6 Å². The van der Waals surface area contributed by atoms with E-state index in [-0.39, 0.29) is 18.3 Å². The first-order chi connectivity index (χ1) is 5.24. The first kappa shape index (κ1) is 11.2. The van der Waals surface area contributed by atoms with Gasteiger partial charge in [0, 0.05) is 13.1 Å². The molecule has 0 unspecified atom stereocenters. The fourth-order valence-corrected chi connectivity index (χ4v) is 1.25. The standard InChI is InChI=1S/C7H11NO3.ClH/c9-5-8-3-1-6(2-4-8)7(10)11;/h5-6H,1-4H2,(H,10,11);1H.